The van der Waals surface area contributed by atoms with Crippen LogP contribution in [0.15, 0.2) is 16.9 Å². The fraction of sp³-hybridized carbons (Fsp3) is 0.188. The Hall–Kier alpha value is -3.48. The summed E-state index contributed by atoms with van der Waals surface area (Å²) in [6, 6.07) is 1.33. The SMILES string of the molecule is CCCS(=O)(=O)Nc1ccc(F)c(-c2c(C(=O)O)c(N)[nH]c(=O)c2C(=O)O)c1F. The van der Waals surface area contributed by atoms with Crippen molar-refractivity contribution < 1.29 is 37.0 Å². The van der Waals surface area contributed by atoms with E-state index in [1.165, 1.54) is 0 Å². The number of anilines is 2. The number of hydrogen-bond donors (Lipinski definition) is 5. The Morgan fingerprint density at radius 1 is 1.14 bits per heavy atom. The van der Waals surface area contributed by atoms with E-state index in [-0.39, 0.29) is 6.42 Å². The minimum absolute atomic E-state index is 0.182. The van der Waals surface area contributed by atoms with Gasteiger partial charge in [-0.25, -0.2) is 26.8 Å². The van der Waals surface area contributed by atoms with Crippen molar-refractivity contribution in [2.45, 2.75) is 13.3 Å². The number of pyridine rings is 1. The van der Waals surface area contributed by atoms with Crippen molar-refractivity contribution in [3.8, 4) is 11.1 Å². The molecule has 2 aromatic rings. The van der Waals surface area contributed by atoms with E-state index in [4.69, 9.17) is 5.73 Å². The Morgan fingerprint density at radius 2 is 1.72 bits per heavy atom. The summed E-state index contributed by atoms with van der Waals surface area (Å²) in [4.78, 5) is 36.9. The molecule has 0 aliphatic carbocycles. The minimum Gasteiger partial charge on any atom is -0.478 e. The number of nitrogen functional groups attached to an aromatic ring is 1. The number of hydrogen-bond acceptors (Lipinski definition) is 6. The molecule has 0 saturated heterocycles. The third-order valence-corrected chi connectivity index (χ3v) is 5.23. The smallest absolute Gasteiger partial charge is 0.342 e. The van der Waals surface area contributed by atoms with Gasteiger partial charge in [-0.3, -0.25) is 9.52 Å². The maximum Gasteiger partial charge on any atom is 0.342 e. The van der Waals surface area contributed by atoms with Crippen LogP contribution in [-0.2, 0) is 10.0 Å². The maximum absolute atomic E-state index is 15.0. The molecule has 1 heterocycles. The average Bonchev–Trinajstić information content (AvgIpc) is 2.56. The quantitative estimate of drug-likeness (QED) is 0.437. The number of aromatic carboxylic acids is 2. The standard InChI is InChI=1S/C16H15F2N3O7S/c1-2-5-29(27,28)21-7-4-3-6(17)8(12(7)18)9-10(15(23)24)13(19)20-14(22)11(9)16(25)26/h3-4,21H,2,5H2,1H3,(H,23,24)(H,25,26)(H3,19,20,22). The number of benzene rings is 1. The van der Waals surface area contributed by atoms with Crippen molar-refractivity contribution in [1.82, 2.24) is 4.98 Å². The zero-order valence-electron chi connectivity index (χ0n) is 14.7. The molecule has 0 unspecified atom stereocenters. The lowest BCUT2D eigenvalue weighted by Crippen LogP contribution is -2.25. The Balaban J connectivity index is 2.95. The number of rotatable bonds is 7. The van der Waals surface area contributed by atoms with Gasteiger partial charge in [-0.1, -0.05) is 6.92 Å². The van der Waals surface area contributed by atoms with Gasteiger partial charge in [-0.15, -0.1) is 0 Å². The van der Waals surface area contributed by atoms with Gasteiger partial charge in [0.1, 0.15) is 22.8 Å². The predicted molar refractivity (Wildman–Crippen MR) is 98.4 cm³/mol. The van der Waals surface area contributed by atoms with Gasteiger partial charge in [0, 0.05) is 5.56 Å². The molecule has 1 aromatic heterocycles. The van der Waals surface area contributed by atoms with Gasteiger partial charge in [0.05, 0.1) is 17.0 Å². The Bertz CT molecular complexity index is 1180. The fourth-order valence-corrected chi connectivity index (χ4v) is 3.78. The van der Waals surface area contributed by atoms with E-state index >= 15 is 4.39 Å². The second-order valence-corrected chi connectivity index (χ2v) is 7.65. The summed E-state index contributed by atoms with van der Waals surface area (Å²) in [6.07, 6.45) is 0.182. The van der Waals surface area contributed by atoms with Crippen molar-refractivity contribution in [3.63, 3.8) is 0 Å². The van der Waals surface area contributed by atoms with E-state index < -0.39 is 78.7 Å². The molecule has 0 atom stereocenters. The van der Waals surface area contributed by atoms with Crippen molar-refractivity contribution in [2.75, 3.05) is 16.2 Å². The van der Waals surface area contributed by atoms with Gasteiger partial charge < -0.3 is 20.9 Å². The van der Waals surface area contributed by atoms with Crippen molar-refractivity contribution >= 4 is 33.5 Å². The molecule has 0 radical (unpaired) electrons. The largest absolute Gasteiger partial charge is 0.478 e. The lowest BCUT2D eigenvalue weighted by atomic mass is 9.94. The van der Waals surface area contributed by atoms with Gasteiger partial charge in [-0.2, -0.15) is 0 Å². The summed E-state index contributed by atoms with van der Waals surface area (Å²) < 4.78 is 55.2. The highest BCUT2D eigenvalue weighted by Crippen LogP contribution is 2.36. The number of aromatic amines is 1. The Morgan fingerprint density at radius 3 is 2.24 bits per heavy atom. The first-order valence-electron chi connectivity index (χ1n) is 7.92. The summed E-state index contributed by atoms with van der Waals surface area (Å²) in [7, 11) is -4.03. The van der Waals surface area contributed by atoms with Crippen molar-refractivity contribution in [2.24, 2.45) is 0 Å². The van der Waals surface area contributed by atoms with Gasteiger partial charge >= 0.3 is 11.9 Å². The predicted octanol–water partition coefficient (Wildman–Crippen LogP) is 1.45. The molecule has 0 aliphatic heterocycles. The second-order valence-electron chi connectivity index (χ2n) is 5.81. The third kappa shape index (κ3) is 4.18. The van der Waals surface area contributed by atoms with Crippen molar-refractivity contribution in [1.29, 1.82) is 0 Å². The van der Waals surface area contributed by atoms with Crippen LogP contribution in [0.4, 0.5) is 20.3 Å². The summed E-state index contributed by atoms with van der Waals surface area (Å²) in [5.41, 5.74) is -1.43. The number of nitrogens with one attached hydrogen (secondary N) is 2. The molecular weight excluding hydrogens is 416 g/mol. The van der Waals surface area contributed by atoms with Crippen LogP contribution in [0.1, 0.15) is 34.1 Å². The van der Waals surface area contributed by atoms with E-state index in [0.717, 1.165) is 6.07 Å². The fourth-order valence-electron chi connectivity index (χ4n) is 2.64. The highest BCUT2D eigenvalue weighted by molar-refractivity contribution is 7.92. The zero-order valence-corrected chi connectivity index (χ0v) is 15.6. The number of carboxylic acid groups (broad SMARTS) is 2. The van der Waals surface area contributed by atoms with E-state index in [0.29, 0.717) is 6.07 Å². The Labute approximate surface area is 162 Å². The molecule has 13 heteroatoms. The lowest BCUT2D eigenvalue weighted by Gasteiger charge is -2.16. The van der Waals surface area contributed by atoms with Crippen LogP contribution in [-0.4, -0.2) is 41.3 Å². The Kier molecular flexibility index (Phi) is 5.92. The summed E-state index contributed by atoms with van der Waals surface area (Å²) >= 11 is 0. The summed E-state index contributed by atoms with van der Waals surface area (Å²) in [5, 5.41) is 18.7. The number of carbonyl (C=O) groups is 2. The molecule has 1 aromatic carbocycles. The molecule has 2 rings (SSSR count). The molecule has 0 fully saturated rings. The number of nitrogens with two attached hydrogens (primary N) is 1. The molecule has 6 N–H and O–H groups in total. The van der Waals surface area contributed by atoms with E-state index in [1.807, 2.05) is 4.72 Å². The molecule has 0 saturated carbocycles. The van der Waals surface area contributed by atoms with Gasteiger partial charge in [0.25, 0.3) is 5.56 Å². The monoisotopic (exact) mass is 431 g/mol. The zero-order chi connectivity index (χ0) is 22.1. The third-order valence-electron chi connectivity index (χ3n) is 3.75. The van der Waals surface area contributed by atoms with Crippen LogP contribution in [0.2, 0.25) is 0 Å². The van der Waals surface area contributed by atoms with Gasteiger partial charge in [-0.05, 0) is 18.6 Å². The summed E-state index contributed by atoms with van der Waals surface area (Å²) in [5.74, 6) is -8.11. The first kappa shape index (κ1) is 21.8. The van der Waals surface area contributed by atoms with Gasteiger partial charge in [0.15, 0.2) is 5.82 Å². The van der Waals surface area contributed by atoms with Crippen LogP contribution in [0.3, 0.4) is 0 Å². The van der Waals surface area contributed by atoms with E-state index in [2.05, 4.69) is 0 Å². The van der Waals surface area contributed by atoms with Gasteiger partial charge in [0.2, 0.25) is 10.0 Å². The van der Waals surface area contributed by atoms with E-state index in [1.54, 1.807) is 11.9 Å². The van der Waals surface area contributed by atoms with Crippen molar-refractivity contribution in [3.05, 3.63) is 45.2 Å². The van der Waals surface area contributed by atoms with Crippen LogP contribution in [0.5, 0.6) is 0 Å². The second kappa shape index (κ2) is 7.87. The molecular formula is C16H15F2N3O7S. The number of sulfonamides is 1. The van der Waals surface area contributed by atoms with Crippen LogP contribution >= 0.6 is 0 Å². The average molecular weight is 431 g/mol. The molecule has 0 spiro atoms. The first-order valence-corrected chi connectivity index (χ1v) is 9.57. The number of carboxylic acids is 2. The molecule has 0 amide bonds. The highest BCUT2D eigenvalue weighted by atomic mass is 32.2. The molecule has 0 aliphatic rings. The molecule has 0 bridgehead atoms. The van der Waals surface area contributed by atoms with Crippen LogP contribution in [0, 0.1) is 11.6 Å². The normalized spacial score (nSPS) is 11.3. The van der Waals surface area contributed by atoms with Crippen LogP contribution < -0.4 is 16.0 Å². The topological polar surface area (TPSA) is 180 Å². The first-order chi connectivity index (χ1) is 13.4. The number of halogens is 2. The molecule has 29 heavy (non-hydrogen) atoms. The maximum atomic E-state index is 15.0. The number of aromatic nitrogens is 1. The molecule has 10 nitrogen and oxygen atoms in total. The molecule has 156 valence electrons. The lowest BCUT2D eigenvalue weighted by molar-refractivity contribution is 0.0695. The number of H-pyrrole nitrogens is 1. The van der Waals surface area contributed by atoms with Crippen LogP contribution in [0.25, 0.3) is 11.1 Å². The minimum atomic E-state index is -4.03. The highest BCUT2D eigenvalue weighted by Gasteiger charge is 2.31. The van der Waals surface area contributed by atoms with E-state index in [9.17, 15) is 37.4 Å². The summed E-state index contributed by atoms with van der Waals surface area (Å²) in [6.45, 7) is 1.54.